The van der Waals surface area contributed by atoms with Gasteiger partial charge in [-0.25, -0.2) is 9.18 Å². The number of imide groups is 1. The van der Waals surface area contributed by atoms with Gasteiger partial charge >= 0.3 is 6.09 Å². The molecule has 2 N–H and O–H groups in total. The number of ether oxygens (including phenoxy) is 1. The molecule has 0 radical (unpaired) electrons. The molecule has 122 valence electrons. The Morgan fingerprint density at radius 1 is 1.12 bits per heavy atom. The van der Waals surface area contributed by atoms with Crippen molar-refractivity contribution < 1.29 is 23.5 Å². The summed E-state index contributed by atoms with van der Waals surface area (Å²) in [6.07, 6.45) is -1.86. The van der Waals surface area contributed by atoms with Crippen molar-refractivity contribution in [1.82, 2.24) is 5.32 Å². The Hall–Kier alpha value is -3.22. The van der Waals surface area contributed by atoms with Gasteiger partial charge in [0.05, 0.1) is 6.42 Å². The van der Waals surface area contributed by atoms with Crippen LogP contribution in [0.1, 0.15) is 17.2 Å². The number of carbonyl (C=O) groups excluding carboxylic acids is 3. The second kappa shape index (κ2) is 6.49. The minimum Gasteiger partial charge on any atom is -0.431 e. The molecule has 3 rings (SSSR count). The molecule has 0 bridgehead atoms. The van der Waals surface area contributed by atoms with Gasteiger partial charge in [-0.1, -0.05) is 30.3 Å². The Bertz CT molecular complexity index is 804. The van der Waals surface area contributed by atoms with E-state index < -0.39 is 23.9 Å². The van der Waals surface area contributed by atoms with Crippen LogP contribution in [0.15, 0.2) is 48.5 Å². The minimum atomic E-state index is -0.985. The lowest BCUT2D eigenvalue weighted by atomic mass is 10.1. The maximum atomic E-state index is 13.5. The van der Waals surface area contributed by atoms with Crippen LogP contribution in [0.25, 0.3) is 0 Å². The Labute approximate surface area is 136 Å². The van der Waals surface area contributed by atoms with Crippen LogP contribution < -0.4 is 10.6 Å². The highest BCUT2D eigenvalue weighted by Gasteiger charge is 2.33. The molecule has 7 heteroatoms. The third-order valence-electron chi connectivity index (χ3n) is 3.49. The summed E-state index contributed by atoms with van der Waals surface area (Å²) in [6, 6.07) is 12.4. The Morgan fingerprint density at radius 3 is 2.46 bits per heavy atom. The molecule has 0 aliphatic carbocycles. The third-order valence-corrected chi connectivity index (χ3v) is 3.49. The number of anilines is 1. The predicted molar refractivity (Wildman–Crippen MR) is 82.5 cm³/mol. The lowest BCUT2D eigenvalue weighted by molar-refractivity contribution is -0.123. The lowest BCUT2D eigenvalue weighted by Gasteiger charge is -2.09. The SMILES string of the molecule is O=C(Cc1ccccc1F)Nc1ccc(C2OC(=O)NC2=O)cc1. The normalized spacial score (nSPS) is 16.5. The number of cyclic esters (lactones) is 1. The van der Waals surface area contributed by atoms with Gasteiger partial charge in [0.25, 0.3) is 5.91 Å². The summed E-state index contributed by atoms with van der Waals surface area (Å²) >= 11 is 0. The molecule has 0 aromatic heterocycles. The van der Waals surface area contributed by atoms with E-state index in [4.69, 9.17) is 4.74 Å². The Kier molecular flexibility index (Phi) is 4.24. The number of rotatable bonds is 4. The van der Waals surface area contributed by atoms with Crippen LogP contribution in [0, 0.1) is 5.82 Å². The average molecular weight is 328 g/mol. The number of amides is 3. The van der Waals surface area contributed by atoms with Gasteiger partial charge in [0.2, 0.25) is 12.0 Å². The smallest absolute Gasteiger partial charge is 0.415 e. The minimum absolute atomic E-state index is 0.0862. The van der Waals surface area contributed by atoms with Gasteiger partial charge in [0, 0.05) is 11.3 Å². The summed E-state index contributed by atoms with van der Waals surface area (Å²) in [5, 5.41) is 4.68. The van der Waals surface area contributed by atoms with E-state index in [9.17, 15) is 18.8 Å². The molecule has 2 aromatic carbocycles. The molecule has 6 nitrogen and oxygen atoms in total. The summed E-state index contributed by atoms with van der Waals surface area (Å²) in [4.78, 5) is 34.5. The van der Waals surface area contributed by atoms with Gasteiger partial charge in [0.1, 0.15) is 5.82 Å². The largest absolute Gasteiger partial charge is 0.431 e. The zero-order valence-electron chi connectivity index (χ0n) is 12.4. The first-order valence-electron chi connectivity index (χ1n) is 7.17. The first kappa shape index (κ1) is 15.7. The maximum absolute atomic E-state index is 13.5. The predicted octanol–water partition coefficient (Wildman–Crippen LogP) is 2.31. The highest BCUT2D eigenvalue weighted by molar-refractivity contribution is 6.00. The summed E-state index contributed by atoms with van der Waals surface area (Å²) in [6.45, 7) is 0. The van der Waals surface area contributed by atoms with Crippen LogP contribution in [-0.2, 0) is 20.7 Å². The van der Waals surface area contributed by atoms with Gasteiger partial charge in [-0.15, -0.1) is 0 Å². The van der Waals surface area contributed by atoms with Crippen LogP contribution in [0.4, 0.5) is 14.9 Å². The summed E-state index contributed by atoms with van der Waals surface area (Å²) < 4.78 is 18.4. The highest BCUT2D eigenvalue weighted by Crippen LogP contribution is 2.23. The van der Waals surface area contributed by atoms with E-state index in [2.05, 4.69) is 5.32 Å². The van der Waals surface area contributed by atoms with Gasteiger partial charge < -0.3 is 10.1 Å². The van der Waals surface area contributed by atoms with Crippen molar-refractivity contribution in [1.29, 1.82) is 0 Å². The molecular formula is C17H13FN2O4. The Balaban J connectivity index is 1.64. The monoisotopic (exact) mass is 328 g/mol. The van der Waals surface area contributed by atoms with E-state index in [0.29, 0.717) is 16.8 Å². The van der Waals surface area contributed by atoms with E-state index in [1.165, 1.54) is 6.07 Å². The van der Waals surface area contributed by atoms with Gasteiger partial charge in [0.15, 0.2) is 0 Å². The van der Waals surface area contributed by atoms with Gasteiger partial charge in [-0.2, -0.15) is 0 Å². The molecular weight excluding hydrogens is 315 g/mol. The fraction of sp³-hybridized carbons (Fsp3) is 0.118. The standard InChI is InChI=1S/C17H13FN2O4/c18-13-4-2-1-3-11(13)9-14(21)19-12-7-5-10(6-8-12)15-16(22)20-17(23)24-15/h1-8,15H,9H2,(H,19,21)(H,20,22,23). The van der Waals surface area contributed by atoms with Crippen molar-refractivity contribution in [2.24, 2.45) is 0 Å². The fourth-order valence-electron chi connectivity index (χ4n) is 2.34. The number of benzene rings is 2. The van der Waals surface area contributed by atoms with Crippen LogP contribution in [-0.4, -0.2) is 17.9 Å². The van der Waals surface area contributed by atoms with Crippen LogP contribution in [0.3, 0.4) is 0 Å². The second-order valence-corrected chi connectivity index (χ2v) is 5.21. The van der Waals surface area contributed by atoms with Crippen molar-refractivity contribution in [2.75, 3.05) is 5.32 Å². The van der Waals surface area contributed by atoms with Crippen molar-refractivity contribution in [2.45, 2.75) is 12.5 Å². The van der Waals surface area contributed by atoms with Crippen LogP contribution in [0.2, 0.25) is 0 Å². The maximum Gasteiger partial charge on any atom is 0.415 e. The fourth-order valence-corrected chi connectivity index (χ4v) is 2.34. The molecule has 1 aliphatic heterocycles. The number of alkyl carbamates (subject to hydrolysis) is 1. The van der Waals surface area contributed by atoms with E-state index in [-0.39, 0.29) is 12.3 Å². The van der Waals surface area contributed by atoms with Gasteiger partial charge in [-0.05, 0) is 23.8 Å². The average Bonchev–Trinajstić information content (AvgIpc) is 2.89. The molecule has 2 aromatic rings. The summed E-state index contributed by atoms with van der Waals surface area (Å²) in [7, 11) is 0. The number of nitrogens with one attached hydrogen (secondary N) is 2. The number of halogens is 1. The van der Waals surface area contributed by atoms with Crippen molar-refractivity contribution >= 4 is 23.6 Å². The number of hydrogen-bond acceptors (Lipinski definition) is 4. The zero-order chi connectivity index (χ0) is 17.1. The number of carbonyl (C=O) groups is 3. The van der Waals surface area contributed by atoms with E-state index >= 15 is 0 Å². The molecule has 3 amide bonds. The number of hydrogen-bond donors (Lipinski definition) is 2. The lowest BCUT2D eigenvalue weighted by Crippen LogP contribution is -2.20. The summed E-state index contributed by atoms with van der Waals surface area (Å²) in [5.74, 6) is -1.33. The van der Waals surface area contributed by atoms with Gasteiger partial charge in [-0.3, -0.25) is 14.9 Å². The van der Waals surface area contributed by atoms with Crippen molar-refractivity contribution in [3.8, 4) is 0 Å². The summed E-state index contributed by atoms with van der Waals surface area (Å²) in [5.41, 5.74) is 1.29. The van der Waals surface area contributed by atoms with E-state index in [1.54, 1.807) is 42.5 Å². The molecule has 1 atom stereocenters. The third kappa shape index (κ3) is 3.40. The van der Waals surface area contributed by atoms with E-state index in [0.717, 1.165) is 0 Å². The van der Waals surface area contributed by atoms with Crippen LogP contribution in [0.5, 0.6) is 0 Å². The Morgan fingerprint density at radius 2 is 1.83 bits per heavy atom. The highest BCUT2D eigenvalue weighted by atomic mass is 19.1. The first-order chi connectivity index (χ1) is 11.5. The van der Waals surface area contributed by atoms with Crippen molar-refractivity contribution in [3.05, 3.63) is 65.5 Å². The molecule has 1 saturated heterocycles. The zero-order valence-corrected chi connectivity index (χ0v) is 12.4. The quantitative estimate of drug-likeness (QED) is 0.902. The molecule has 0 saturated carbocycles. The first-order valence-corrected chi connectivity index (χ1v) is 7.17. The molecule has 1 unspecified atom stereocenters. The molecule has 1 fully saturated rings. The van der Waals surface area contributed by atoms with Crippen LogP contribution >= 0.6 is 0 Å². The van der Waals surface area contributed by atoms with Crippen molar-refractivity contribution in [3.63, 3.8) is 0 Å². The molecule has 0 spiro atoms. The molecule has 1 aliphatic rings. The second-order valence-electron chi connectivity index (χ2n) is 5.21. The molecule has 1 heterocycles. The topological polar surface area (TPSA) is 84.5 Å². The molecule has 24 heavy (non-hydrogen) atoms. The van der Waals surface area contributed by atoms with E-state index in [1.807, 2.05) is 5.32 Å².